The molecule has 0 radical (unpaired) electrons. The number of anilines is 1. The van der Waals surface area contributed by atoms with E-state index in [0.717, 1.165) is 6.07 Å². The van der Waals surface area contributed by atoms with Crippen molar-refractivity contribution in [2.24, 2.45) is 0 Å². The summed E-state index contributed by atoms with van der Waals surface area (Å²) in [5, 5.41) is 0. The lowest BCUT2D eigenvalue weighted by Crippen LogP contribution is -2.27. The fourth-order valence-corrected chi connectivity index (χ4v) is 1.72. The molecule has 1 rings (SSSR count). The third-order valence-electron chi connectivity index (χ3n) is 2.64. The van der Waals surface area contributed by atoms with Crippen molar-refractivity contribution in [2.75, 3.05) is 12.3 Å². The van der Waals surface area contributed by atoms with Gasteiger partial charge in [-0.25, -0.2) is 14.4 Å². The lowest BCUT2D eigenvalue weighted by Gasteiger charge is -2.20. The standard InChI is InChI=1S/C18H26N2O8/c1-8-24-14(21)10-9-11(25-15(22)27-17(2,3)4)20-13(12(10)19)26-16(23)28-18(5,6)7/h9H,8,19H2,1-7H3. The van der Waals surface area contributed by atoms with E-state index in [2.05, 4.69) is 4.98 Å². The number of hydrogen-bond donors (Lipinski definition) is 1. The number of nitrogens with two attached hydrogens (primary N) is 1. The molecule has 1 aromatic heterocycles. The zero-order valence-electron chi connectivity index (χ0n) is 17.1. The molecule has 156 valence electrons. The second-order valence-electron chi connectivity index (χ2n) is 7.58. The topological polar surface area (TPSA) is 136 Å². The van der Waals surface area contributed by atoms with Crippen LogP contribution in [0.15, 0.2) is 6.07 Å². The molecular weight excluding hydrogens is 372 g/mol. The van der Waals surface area contributed by atoms with Crippen LogP contribution >= 0.6 is 0 Å². The summed E-state index contributed by atoms with van der Waals surface area (Å²) in [5.74, 6) is -1.66. The molecule has 0 unspecified atom stereocenters. The molecule has 1 aromatic rings. The molecule has 0 fully saturated rings. The summed E-state index contributed by atoms with van der Waals surface area (Å²) < 4.78 is 24.9. The van der Waals surface area contributed by atoms with Crippen LogP contribution in [0.5, 0.6) is 11.8 Å². The van der Waals surface area contributed by atoms with Crippen LogP contribution in [-0.4, -0.2) is 41.1 Å². The fourth-order valence-electron chi connectivity index (χ4n) is 1.72. The largest absolute Gasteiger partial charge is 0.515 e. The van der Waals surface area contributed by atoms with Crippen LogP contribution in [0.1, 0.15) is 58.8 Å². The Hall–Kier alpha value is -3.04. The van der Waals surface area contributed by atoms with E-state index in [4.69, 9.17) is 29.4 Å². The Bertz CT molecular complexity index is 747. The molecule has 10 heteroatoms. The molecule has 0 aliphatic carbocycles. The second-order valence-corrected chi connectivity index (χ2v) is 7.58. The Balaban J connectivity index is 3.22. The smallest absolute Gasteiger partial charge is 0.462 e. The van der Waals surface area contributed by atoms with E-state index >= 15 is 0 Å². The Labute approximate surface area is 163 Å². The van der Waals surface area contributed by atoms with Gasteiger partial charge in [-0.1, -0.05) is 0 Å². The van der Waals surface area contributed by atoms with E-state index in [0.29, 0.717) is 0 Å². The van der Waals surface area contributed by atoms with E-state index in [9.17, 15) is 14.4 Å². The van der Waals surface area contributed by atoms with E-state index in [1.807, 2.05) is 0 Å². The van der Waals surface area contributed by atoms with Crippen LogP contribution in [0.25, 0.3) is 0 Å². The minimum absolute atomic E-state index is 0.0745. The van der Waals surface area contributed by atoms with Gasteiger partial charge in [0.1, 0.15) is 16.9 Å². The number of esters is 1. The molecule has 0 saturated carbocycles. The first kappa shape index (κ1) is 23.0. The molecule has 0 bridgehead atoms. The number of aromatic nitrogens is 1. The lowest BCUT2D eigenvalue weighted by molar-refractivity contribution is 0.0184. The average molecular weight is 398 g/mol. The van der Waals surface area contributed by atoms with Gasteiger partial charge in [-0.15, -0.1) is 0 Å². The predicted octanol–water partition coefficient (Wildman–Crippen LogP) is 3.47. The van der Waals surface area contributed by atoms with Gasteiger partial charge in [0, 0.05) is 6.07 Å². The third kappa shape index (κ3) is 7.68. The maximum absolute atomic E-state index is 12.1. The van der Waals surface area contributed by atoms with Crippen LogP contribution in [0.2, 0.25) is 0 Å². The third-order valence-corrected chi connectivity index (χ3v) is 2.64. The molecule has 0 aromatic carbocycles. The highest BCUT2D eigenvalue weighted by molar-refractivity contribution is 5.97. The fraction of sp³-hybridized carbons (Fsp3) is 0.556. The predicted molar refractivity (Wildman–Crippen MR) is 98.3 cm³/mol. The van der Waals surface area contributed by atoms with Crippen molar-refractivity contribution in [3.05, 3.63) is 11.6 Å². The number of hydrogen-bond acceptors (Lipinski definition) is 10. The zero-order chi connectivity index (χ0) is 21.7. The van der Waals surface area contributed by atoms with E-state index in [-0.39, 0.29) is 23.7 Å². The minimum atomic E-state index is -1.10. The number of nitrogen functional groups attached to an aromatic ring is 1. The van der Waals surface area contributed by atoms with Gasteiger partial charge in [0.15, 0.2) is 0 Å². The minimum Gasteiger partial charge on any atom is -0.462 e. The number of nitrogens with zero attached hydrogens (tertiary/aromatic N) is 1. The molecular formula is C18H26N2O8. The summed E-state index contributed by atoms with van der Waals surface area (Å²) in [4.78, 5) is 39.8. The van der Waals surface area contributed by atoms with Crippen LogP contribution < -0.4 is 15.2 Å². The van der Waals surface area contributed by atoms with Gasteiger partial charge in [-0.2, -0.15) is 4.98 Å². The first-order valence-corrected chi connectivity index (χ1v) is 8.51. The second kappa shape index (κ2) is 8.77. The summed E-state index contributed by atoms with van der Waals surface area (Å²) in [7, 11) is 0. The van der Waals surface area contributed by atoms with Crippen molar-refractivity contribution >= 4 is 24.0 Å². The van der Waals surface area contributed by atoms with Crippen molar-refractivity contribution in [3.8, 4) is 11.8 Å². The number of ether oxygens (including phenoxy) is 5. The Kier molecular flexibility index (Phi) is 7.20. The maximum Gasteiger partial charge on any atom is 0.515 e. The molecule has 28 heavy (non-hydrogen) atoms. The highest BCUT2D eigenvalue weighted by atomic mass is 16.7. The molecule has 0 amide bonds. The SMILES string of the molecule is CCOC(=O)c1cc(OC(=O)OC(C)(C)C)nc(OC(=O)OC(C)(C)C)c1N. The summed E-state index contributed by atoms with van der Waals surface area (Å²) >= 11 is 0. The first-order valence-electron chi connectivity index (χ1n) is 8.51. The van der Waals surface area contributed by atoms with Crippen LogP contribution in [0, 0.1) is 0 Å². The molecule has 0 aliphatic heterocycles. The summed E-state index contributed by atoms with van der Waals surface area (Å²) in [6, 6.07) is 1.08. The van der Waals surface area contributed by atoms with Gasteiger partial charge in [0.2, 0.25) is 5.88 Å². The number of pyridine rings is 1. The summed E-state index contributed by atoms with van der Waals surface area (Å²) in [6.07, 6.45) is -2.17. The number of rotatable bonds is 4. The van der Waals surface area contributed by atoms with Gasteiger partial charge < -0.3 is 29.4 Å². The van der Waals surface area contributed by atoms with Crippen molar-refractivity contribution in [1.29, 1.82) is 0 Å². The number of carbonyl (C=O) groups excluding carboxylic acids is 3. The molecule has 2 N–H and O–H groups in total. The van der Waals surface area contributed by atoms with Gasteiger partial charge in [-0.05, 0) is 48.5 Å². The van der Waals surface area contributed by atoms with Gasteiger partial charge >= 0.3 is 18.3 Å². The first-order chi connectivity index (χ1) is 12.7. The van der Waals surface area contributed by atoms with Gasteiger partial charge in [0.25, 0.3) is 5.88 Å². The highest BCUT2D eigenvalue weighted by Gasteiger charge is 2.26. The normalized spacial score (nSPS) is 11.4. The Morgan fingerprint density at radius 3 is 1.93 bits per heavy atom. The van der Waals surface area contributed by atoms with Crippen molar-refractivity contribution in [1.82, 2.24) is 4.98 Å². The zero-order valence-corrected chi connectivity index (χ0v) is 17.1. The van der Waals surface area contributed by atoms with Crippen LogP contribution in [-0.2, 0) is 14.2 Å². The van der Waals surface area contributed by atoms with Crippen molar-refractivity contribution < 1.29 is 38.1 Å². The molecule has 0 saturated heterocycles. The quantitative estimate of drug-likeness (QED) is 0.593. The van der Waals surface area contributed by atoms with E-state index < -0.39 is 35.4 Å². The monoisotopic (exact) mass is 398 g/mol. The van der Waals surface area contributed by atoms with Crippen LogP contribution in [0.4, 0.5) is 15.3 Å². The van der Waals surface area contributed by atoms with Crippen molar-refractivity contribution in [3.63, 3.8) is 0 Å². The molecule has 0 spiro atoms. The summed E-state index contributed by atoms with van der Waals surface area (Å²) in [6.45, 7) is 11.5. The maximum atomic E-state index is 12.1. The molecule has 1 heterocycles. The highest BCUT2D eigenvalue weighted by Crippen LogP contribution is 2.29. The van der Waals surface area contributed by atoms with Crippen LogP contribution in [0.3, 0.4) is 0 Å². The molecule has 10 nitrogen and oxygen atoms in total. The van der Waals surface area contributed by atoms with Gasteiger partial charge in [0.05, 0.1) is 12.2 Å². The number of carbonyl (C=O) groups is 3. The van der Waals surface area contributed by atoms with Crippen molar-refractivity contribution in [2.45, 2.75) is 59.7 Å². The average Bonchev–Trinajstić information content (AvgIpc) is 2.46. The van der Waals surface area contributed by atoms with E-state index in [1.165, 1.54) is 0 Å². The lowest BCUT2D eigenvalue weighted by atomic mass is 10.2. The molecule has 0 aliphatic rings. The summed E-state index contributed by atoms with van der Waals surface area (Å²) in [5.41, 5.74) is 3.74. The van der Waals surface area contributed by atoms with Gasteiger partial charge in [-0.3, -0.25) is 0 Å². The molecule has 0 atom stereocenters. The Morgan fingerprint density at radius 2 is 1.46 bits per heavy atom. The van der Waals surface area contributed by atoms with E-state index in [1.54, 1.807) is 48.5 Å². The Morgan fingerprint density at radius 1 is 0.964 bits per heavy atom.